The summed E-state index contributed by atoms with van der Waals surface area (Å²) >= 11 is 1.30. The predicted molar refractivity (Wildman–Crippen MR) is 120 cm³/mol. The number of hydrogen-bond donors (Lipinski definition) is 2. The number of aromatic hydroxyl groups is 1. The maximum atomic E-state index is 12.1. The fourth-order valence-corrected chi connectivity index (χ4v) is 3.72. The highest BCUT2D eigenvalue weighted by atomic mass is 32.1. The van der Waals surface area contributed by atoms with Crippen LogP contribution in [-0.4, -0.2) is 28.6 Å². The molecule has 3 rings (SSSR count). The molecule has 30 heavy (non-hydrogen) atoms. The van der Waals surface area contributed by atoms with Gasteiger partial charge in [-0.05, 0) is 36.8 Å². The number of allylic oxidation sites excluding steroid dienone is 1. The molecule has 0 aliphatic heterocycles. The van der Waals surface area contributed by atoms with E-state index in [-0.39, 0.29) is 12.4 Å². The highest BCUT2D eigenvalue weighted by molar-refractivity contribution is 7.14. The molecule has 8 heteroatoms. The maximum Gasteiger partial charge on any atom is 0.412 e. The molecule has 0 fully saturated rings. The van der Waals surface area contributed by atoms with E-state index in [1.54, 1.807) is 43.5 Å². The third-order valence-electron chi connectivity index (χ3n) is 4.00. The minimum atomic E-state index is -0.527. The first-order valence-electron chi connectivity index (χ1n) is 9.32. The van der Waals surface area contributed by atoms with Crippen LogP contribution >= 0.6 is 11.3 Å². The van der Waals surface area contributed by atoms with Crippen LogP contribution in [0.15, 0.2) is 77.5 Å². The number of nitrogens with one attached hydrogen (secondary N) is 1. The summed E-state index contributed by atoms with van der Waals surface area (Å²) < 4.78 is 6.97. The van der Waals surface area contributed by atoms with E-state index in [4.69, 9.17) is 4.74 Å². The number of carbonyl (C=O) groups is 1. The average Bonchev–Trinajstić information content (AvgIpc) is 3.07. The molecular weight excluding hydrogens is 400 g/mol. The van der Waals surface area contributed by atoms with Gasteiger partial charge in [0.25, 0.3) is 0 Å². The second-order valence-electron chi connectivity index (χ2n) is 6.11. The highest BCUT2D eigenvalue weighted by Crippen LogP contribution is 2.31. The summed E-state index contributed by atoms with van der Waals surface area (Å²) in [5.41, 5.74) is 2.52. The second kappa shape index (κ2) is 10.2. The number of benzene rings is 2. The predicted octanol–water partition coefficient (Wildman–Crippen LogP) is 4.61. The van der Waals surface area contributed by atoms with Crippen LogP contribution in [0.25, 0.3) is 11.3 Å². The third-order valence-corrected chi connectivity index (χ3v) is 4.99. The number of nitrogens with zero attached hydrogens (tertiary/aromatic N) is 3. The Morgan fingerprint density at radius 2 is 1.97 bits per heavy atom. The summed E-state index contributed by atoms with van der Waals surface area (Å²) in [6.07, 6.45) is 2.83. The fraction of sp³-hybridized carbons (Fsp3) is 0.136. The molecule has 1 aromatic heterocycles. The lowest BCUT2D eigenvalue weighted by Crippen LogP contribution is -2.15. The van der Waals surface area contributed by atoms with Crippen LogP contribution in [0.1, 0.15) is 12.5 Å². The number of anilines is 1. The molecule has 0 saturated carbocycles. The lowest BCUT2D eigenvalue weighted by atomic mass is 10.1. The normalized spacial score (nSPS) is 11.6. The number of aromatic nitrogens is 1. The zero-order valence-electron chi connectivity index (χ0n) is 16.5. The molecule has 0 bridgehead atoms. The number of thiazole rings is 1. The molecule has 1 heterocycles. The second-order valence-corrected chi connectivity index (χ2v) is 7.09. The Morgan fingerprint density at radius 3 is 2.63 bits per heavy atom. The summed E-state index contributed by atoms with van der Waals surface area (Å²) in [7, 11) is 0. The molecule has 1 amide bonds. The SMILES string of the molecule is C=CCn1c(-c2ccccc2)c(NC(=O)OCC)s/c1=N/N=C/c1ccc(O)cc1. The first-order chi connectivity index (χ1) is 14.6. The molecular formula is C22H22N4O3S. The van der Waals surface area contributed by atoms with Crippen molar-refractivity contribution in [3.05, 3.63) is 77.6 Å². The summed E-state index contributed by atoms with van der Waals surface area (Å²) in [5.74, 6) is 0.188. The topological polar surface area (TPSA) is 88.2 Å². The Balaban J connectivity index is 2.07. The van der Waals surface area contributed by atoms with Gasteiger partial charge in [-0.25, -0.2) is 4.79 Å². The van der Waals surface area contributed by atoms with Gasteiger partial charge in [-0.1, -0.05) is 47.7 Å². The molecule has 154 valence electrons. The van der Waals surface area contributed by atoms with Gasteiger partial charge in [-0.15, -0.1) is 11.7 Å². The van der Waals surface area contributed by atoms with Crippen molar-refractivity contribution in [2.45, 2.75) is 13.5 Å². The molecule has 2 N–H and O–H groups in total. The molecule has 0 aliphatic rings. The number of carbonyl (C=O) groups excluding carboxylic acids is 1. The van der Waals surface area contributed by atoms with E-state index in [2.05, 4.69) is 22.1 Å². The van der Waals surface area contributed by atoms with Gasteiger partial charge in [-0.2, -0.15) is 5.10 Å². The van der Waals surface area contributed by atoms with E-state index in [1.807, 2.05) is 34.9 Å². The average molecular weight is 423 g/mol. The van der Waals surface area contributed by atoms with Crippen molar-refractivity contribution in [1.82, 2.24) is 4.57 Å². The quantitative estimate of drug-likeness (QED) is 0.331. The minimum absolute atomic E-state index is 0.188. The molecule has 0 atom stereocenters. The summed E-state index contributed by atoms with van der Waals surface area (Å²) in [4.78, 5) is 12.7. The molecule has 2 aromatic carbocycles. The number of phenols is 1. The zero-order chi connectivity index (χ0) is 21.3. The van der Waals surface area contributed by atoms with Crippen LogP contribution in [-0.2, 0) is 11.3 Å². The zero-order valence-corrected chi connectivity index (χ0v) is 17.3. The Morgan fingerprint density at radius 1 is 1.23 bits per heavy atom. The molecule has 0 spiro atoms. The molecule has 0 radical (unpaired) electrons. The van der Waals surface area contributed by atoms with Crippen molar-refractivity contribution in [3.63, 3.8) is 0 Å². The Hall–Kier alpha value is -3.65. The Labute approximate surface area is 178 Å². The van der Waals surface area contributed by atoms with Crippen LogP contribution < -0.4 is 10.1 Å². The Bertz CT molecular complexity index is 1100. The Kier molecular flexibility index (Phi) is 7.18. The van der Waals surface area contributed by atoms with Gasteiger partial charge in [-0.3, -0.25) is 5.32 Å². The van der Waals surface area contributed by atoms with Crippen LogP contribution in [0.3, 0.4) is 0 Å². The van der Waals surface area contributed by atoms with Gasteiger partial charge < -0.3 is 14.4 Å². The van der Waals surface area contributed by atoms with Crippen LogP contribution in [0.5, 0.6) is 5.75 Å². The van der Waals surface area contributed by atoms with Crippen molar-refractivity contribution >= 4 is 28.6 Å². The maximum absolute atomic E-state index is 12.1. The van der Waals surface area contributed by atoms with Gasteiger partial charge >= 0.3 is 6.09 Å². The van der Waals surface area contributed by atoms with E-state index in [1.165, 1.54) is 11.3 Å². The number of phenolic OH excluding ortho intramolecular Hbond substituents is 1. The van der Waals surface area contributed by atoms with E-state index in [9.17, 15) is 9.90 Å². The molecule has 3 aromatic rings. The summed E-state index contributed by atoms with van der Waals surface area (Å²) in [6.45, 7) is 6.35. The van der Waals surface area contributed by atoms with Gasteiger partial charge in [0.1, 0.15) is 10.8 Å². The lowest BCUT2D eigenvalue weighted by Gasteiger charge is -2.10. The van der Waals surface area contributed by atoms with Crippen molar-refractivity contribution in [3.8, 4) is 17.0 Å². The summed E-state index contributed by atoms with van der Waals surface area (Å²) in [6, 6.07) is 16.4. The number of ether oxygens (including phenoxy) is 1. The number of rotatable bonds is 7. The third kappa shape index (κ3) is 5.24. The standard InChI is InChI=1S/C22H22N4O3S/c1-3-14-26-19(17-8-6-5-7-9-17)20(24-22(28)29-4-2)30-21(26)25-23-15-16-10-12-18(27)13-11-16/h3,5-13,15,27H,1,4,14H2,2H3,(H,24,28)/b23-15+,25-21+. The number of amides is 1. The van der Waals surface area contributed by atoms with Crippen LogP contribution in [0.4, 0.5) is 9.80 Å². The lowest BCUT2D eigenvalue weighted by molar-refractivity contribution is 0.168. The monoisotopic (exact) mass is 422 g/mol. The van der Waals surface area contributed by atoms with E-state index in [0.717, 1.165) is 16.8 Å². The number of hydrogen-bond acceptors (Lipinski definition) is 6. The van der Waals surface area contributed by atoms with Crippen LogP contribution in [0, 0.1) is 0 Å². The van der Waals surface area contributed by atoms with E-state index in [0.29, 0.717) is 16.3 Å². The summed E-state index contributed by atoms with van der Waals surface area (Å²) in [5, 5.41) is 21.3. The van der Waals surface area contributed by atoms with Crippen molar-refractivity contribution in [1.29, 1.82) is 0 Å². The van der Waals surface area contributed by atoms with Gasteiger partial charge in [0.15, 0.2) is 0 Å². The minimum Gasteiger partial charge on any atom is -0.508 e. The first-order valence-corrected chi connectivity index (χ1v) is 10.1. The van der Waals surface area contributed by atoms with E-state index >= 15 is 0 Å². The highest BCUT2D eigenvalue weighted by Gasteiger charge is 2.17. The van der Waals surface area contributed by atoms with Crippen molar-refractivity contribution in [2.24, 2.45) is 10.2 Å². The molecule has 0 saturated heterocycles. The molecule has 7 nitrogen and oxygen atoms in total. The smallest absolute Gasteiger partial charge is 0.412 e. The van der Waals surface area contributed by atoms with Gasteiger partial charge in [0.05, 0.1) is 18.5 Å². The molecule has 0 unspecified atom stereocenters. The van der Waals surface area contributed by atoms with Crippen LogP contribution in [0.2, 0.25) is 0 Å². The van der Waals surface area contributed by atoms with E-state index < -0.39 is 6.09 Å². The van der Waals surface area contributed by atoms with Crippen molar-refractivity contribution in [2.75, 3.05) is 11.9 Å². The van der Waals surface area contributed by atoms with Gasteiger partial charge in [0, 0.05) is 12.1 Å². The first kappa shape index (κ1) is 21.1. The molecule has 0 aliphatic carbocycles. The van der Waals surface area contributed by atoms with Gasteiger partial charge in [0.2, 0.25) is 4.80 Å². The largest absolute Gasteiger partial charge is 0.508 e. The fourth-order valence-electron chi connectivity index (χ4n) is 2.72. The van der Waals surface area contributed by atoms with Crippen molar-refractivity contribution < 1.29 is 14.6 Å².